The highest BCUT2D eigenvalue weighted by molar-refractivity contribution is 7.10. The number of carbonyl (C=O) groups excluding carboxylic acids is 1. The Balaban J connectivity index is 1.36. The normalized spacial score (nSPS) is 15.7. The molecule has 1 aliphatic rings. The smallest absolute Gasteiger partial charge is 0.254 e. The van der Waals surface area contributed by atoms with Crippen LogP contribution in [0, 0.1) is 6.92 Å². The number of hydrogen-bond donors (Lipinski definition) is 0. The maximum atomic E-state index is 13.2. The summed E-state index contributed by atoms with van der Waals surface area (Å²) in [7, 11) is 0. The van der Waals surface area contributed by atoms with E-state index in [1.807, 2.05) is 60.4 Å². The standard InChI is InChI=1S/C25H23N3O2S/c1-3-21-20-12-14-31-22(20)11-13-28(21)25(29)18-9-7-17(8-10-18)23-26-27-24(30-23)19-6-4-5-16(2)15-19/h4-10,12,14-15,21H,3,11,13H2,1-2H3. The minimum absolute atomic E-state index is 0.0706. The summed E-state index contributed by atoms with van der Waals surface area (Å²) in [6.45, 7) is 4.93. The molecule has 1 atom stereocenters. The van der Waals surface area contributed by atoms with Crippen molar-refractivity contribution < 1.29 is 9.21 Å². The molecule has 31 heavy (non-hydrogen) atoms. The van der Waals surface area contributed by atoms with E-state index in [1.165, 1.54) is 10.4 Å². The first kappa shape index (κ1) is 19.7. The fourth-order valence-electron chi connectivity index (χ4n) is 4.24. The number of hydrogen-bond acceptors (Lipinski definition) is 5. The molecule has 0 bridgehead atoms. The Labute approximate surface area is 185 Å². The van der Waals surface area contributed by atoms with Crippen molar-refractivity contribution in [1.82, 2.24) is 15.1 Å². The molecule has 5 nitrogen and oxygen atoms in total. The number of aryl methyl sites for hydroxylation is 1. The third-order valence-corrected chi connectivity index (χ3v) is 6.81. The third-order valence-electron chi connectivity index (χ3n) is 5.81. The molecule has 0 fully saturated rings. The van der Waals surface area contributed by atoms with Gasteiger partial charge in [-0.05, 0) is 73.2 Å². The van der Waals surface area contributed by atoms with Crippen molar-refractivity contribution in [3.63, 3.8) is 0 Å². The SMILES string of the molecule is CCC1c2ccsc2CCN1C(=O)c1ccc(-c2nnc(-c3cccc(C)c3)o2)cc1. The van der Waals surface area contributed by atoms with Crippen LogP contribution in [0.4, 0.5) is 0 Å². The molecule has 1 unspecified atom stereocenters. The fourth-order valence-corrected chi connectivity index (χ4v) is 5.16. The summed E-state index contributed by atoms with van der Waals surface area (Å²) in [5.41, 5.74) is 4.82. The van der Waals surface area contributed by atoms with Crippen LogP contribution in [-0.4, -0.2) is 27.5 Å². The quantitative estimate of drug-likeness (QED) is 0.404. The van der Waals surface area contributed by atoms with Gasteiger partial charge in [0.25, 0.3) is 5.91 Å². The summed E-state index contributed by atoms with van der Waals surface area (Å²) < 4.78 is 5.88. The predicted molar refractivity (Wildman–Crippen MR) is 122 cm³/mol. The molecule has 5 rings (SSSR count). The molecule has 0 spiro atoms. The van der Waals surface area contributed by atoms with Gasteiger partial charge in [0.05, 0.1) is 6.04 Å². The van der Waals surface area contributed by atoms with Crippen LogP contribution in [-0.2, 0) is 6.42 Å². The van der Waals surface area contributed by atoms with E-state index in [4.69, 9.17) is 4.42 Å². The summed E-state index contributed by atoms with van der Waals surface area (Å²) in [4.78, 5) is 16.7. The summed E-state index contributed by atoms with van der Waals surface area (Å²) in [5, 5.41) is 10.5. The van der Waals surface area contributed by atoms with Crippen LogP contribution >= 0.6 is 11.3 Å². The number of benzene rings is 2. The van der Waals surface area contributed by atoms with Gasteiger partial charge in [-0.2, -0.15) is 0 Å². The first-order chi connectivity index (χ1) is 15.1. The molecule has 1 amide bonds. The van der Waals surface area contributed by atoms with Crippen LogP contribution in [0.3, 0.4) is 0 Å². The molecule has 0 radical (unpaired) electrons. The number of amides is 1. The van der Waals surface area contributed by atoms with Crippen molar-refractivity contribution in [1.29, 1.82) is 0 Å². The summed E-state index contributed by atoms with van der Waals surface area (Å²) in [6, 6.07) is 17.7. The van der Waals surface area contributed by atoms with Crippen LogP contribution in [0.15, 0.2) is 64.4 Å². The zero-order chi connectivity index (χ0) is 21.4. The Bertz CT molecular complexity index is 1230. The number of carbonyl (C=O) groups is 1. The molecule has 0 saturated carbocycles. The van der Waals surface area contributed by atoms with E-state index >= 15 is 0 Å². The molecule has 4 aromatic rings. The number of fused-ring (bicyclic) bond motifs is 1. The Morgan fingerprint density at radius 1 is 1.10 bits per heavy atom. The van der Waals surface area contributed by atoms with Crippen LogP contribution in [0.1, 0.15) is 45.7 Å². The van der Waals surface area contributed by atoms with E-state index < -0.39 is 0 Å². The highest BCUT2D eigenvalue weighted by Gasteiger charge is 2.30. The van der Waals surface area contributed by atoms with Crippen molar-refractivity contribution in [2.75, 3.05) is 6.54 Å². The molecule has 2 aromatic carbocycles. The Hall–Kier alpha value is -3.25. The first-order valence-corrected chi connectivity index (χ1v) is 11.4. The lowest BCUT2D eigenvalue weighted by atomic mass is 9.96. The fraction of sp³-hybridized carbons (Fsp3) is 0.240. The van der Waals surface area contributed by atoms with E-state index in [9.17, 15) is 4.79 Å². The van der Waals surface area contributed by atoms with Crippen molar-refractivity contribution >= 4 is 17.2 Å². The lowest BCUT2D eigenvalue weighted by Gasteiger charge is -2.35. The van der Waals surface area contributed by atoms with Gasteiger partial charge in [-0.3, -0.25) is 4.79 Å². The monoisotopic (exact) mass is 429 g/mol. The molecular formula is C25H23N3O2S. The zero-order valence-corrected chi connectivity index (χ0v) is 18.4. The van der Waals surface area contributed by atoms with Crippen molar-refractivity contribution in [2.45, 2.75) is 32.7 Å². The largest absolute Gasteiger partial charge is 0.416 e. The Kier molecular flexibility index (Phi) is 5.16. The van der Waals surface area contributed by atoms with E-state index in [1.54, 1.807) is 11.3 Å². The van der Waals surface area contributed by atoms with Gasteiger partial charge in [0.15, 0.2) is 0 Å². The van der Waals surface area contributed by atoms with Gasteiger partial charge in [-0.1, -0.05) is 24.6 Å². The molecule has 3 heterocycles. The van der Waals surface area contributed by atoms with Gasteiger partial charge < -0.3 is 9.32 Å². The van der Waals surface area contributed by atoms with Crippen LogP contribution in [0.2, 0.25) is 0 Å². The van der Waals surface area contributed by atoms with Crippen molar-refractivity contribution in [3.05, 3.63) is 81.5 Å². The van der Waals surface area contributed by atoms with Gasteiger partial charge in [0.1, 0.15) is 0 Å². The van der Waals surface area contributed by atoms with Crippen LogP contribution < -0.4 is 0 Å². The van der Waals surface area contributed by atoms with Crippen LogP contribution in [0.5, 0.6) is 0 Å². The van der Waals surface area contributed by atoms with Gasteiger partial charge in [-0.15, -0.1) is 21.5 Å². The minimum Gasteiger partial charge on any atom is -0.416 e. The lowest BCUT2D eigenvalue weighted by molar-refractivity contribution is 0.0657. The molecule has 0 saturated heterocycles. The number of aromatic nitrogens is 2. The van der Waals surface area contributed by atoms with Crippen molar-refractivity contribution in [3.8, 4) is 22.9 Å². The van der Waals surface area contributed by atoms with Gasteiger partial charge in [0.2, 0.25) is 11.8 Å². The molecule has 0 aliphatic carbocycles. The topological polar surface area (TPSA) is 59.2 Å². The second-order valence-corrected chi connectivity index (χ2v) is 8.83. The van der Waals surface area contributed by atoms with Crippen molar-refractivity contribution in [2.24, 2.45) is 0 Å². The third kappa shape index (κ3) is 3.68. The lowest BCUT2D eigenvalue weighted by Crippen LogP contribution is -2.39. The minimum atomic E-state index is 0.0706. The van der Waals surface area contributed by atoms with Gasteiger partial charge in [-0.25, -0.2) is 0 Å². The number of rotatable bonds is 4. The maximum absolute atomic E-state index is 13.2. The predicted octanol–water partition coefficient (Wildman–Crippen LogP) is 5.92. The molecule has 6 heteroatoms. The average Bonchev–Trinajstić information content (AvgIpc) is 3.48. The molecule has 2 aromatic heterocycles. The van der Waals surface area contributed by atoms with E-state index in [-0.39, 0.29) is 11.9 Å². The molecule has 1 aliphatic heterocycles. The van der Waals surface area contributed by atoms with Crippen LogP contribution in [0.25, 0.3) is 22.9 Å². The second kappa shape index (κ2) is 8.12. The summed E-state index contributed by atoms with van der Waals surface area (Å²) >= 11 is 1.79. The molecule has 0 N–H and O–H groups in total. The number of nitrogens with zero attached hydrogens (tertiary/aromatic N) is 3. The van der Waals surface area contributed by atoms with E-state index in [2.05, 4.69) is 28.6 Å². The average molecular weight is 430 g/mol. The maximum Gasteiger partial charge on any atom is 0.254 e. The summed E-state index contributed by atoms with van der Waals surface area (Å²) in [5.74, 6) is 1.01. The Morgan fingerprint density at radius 3 is 2.61 bits per heavy atom. The van der Waals surface area contributed by atoms with E-state index in [0.29, 0.717) is 17.3 Å². The summed E-state index contributed by atoms with van der Waals surface area (Å²) in [6.07, 6.45) is 1.84. The Morgan fingerprint density at radius 2 is 1.87 bits per heavy atom. The molecular weight excluding hydrogens is 406 g/mol. The number of thiophene rings is 1. The van der Waals surface area contributed by atoms with Gasteiger partial charge >= 0.3 is 0 Å². The molecule has 156 valence electrons. The second-order valence-electron chi connectivity index (χ2n) is 7.83. The van der Waals surface area contributed by atoms with Gasteiger partial charge in [0, 0.05) is 28.1 Å². The highest BCUT2D eigenvalue weighted by Crippen LogP contribution is 2.36. The zero-order valence-electron chi connectivity index (χ0n) is 17.5. The van der Waals surface area contributed by atoms with E-state index in [0.717, 1.165) is 36.1 Å². The first-order valence-electron chi connectivity index (χ1n) is 10.5. The highest BCUT2D eigenvalue weighted by atomic mass is 32.1.